The van der Waals surface area contributed by atoms with Crippen LogP contribution in [-0.2, 0) is 11.3 Å². The zero-order chi connectivity index (χ0) is 16.9. The molecule has 3 N–H and O–H groups in total. The maximum absolute atomic E-state index is 12.0. The molecule has 0 spiro atoms. The molecule has 3 rings (SSSR count). The van der Waals surface area contributed by atoms with E-state index in [1.807, 2.05) is 25.1 Å². The number of carbonyl (C=O) groups excluding carboxylic acids is 1. The van der Waals surface area contributed by atoms with Crippen LogP contribution in [-0.4, -0.2) is 34.8 Å². The molecule has 0 bridgehead atoms. The molecule has 1 aliphatic heterocycles. The van der Waals surface area contributed by atoms with Crippen molar-refractivity contribution >= 4 is 23.4 Å². The molecule has 0 atom stereocenters. The fourth-order valence-corrected chi connectivity index (χ4v) is 3.10. The number of nitrogens with zero attached hydrogens (tertiary/aromatic N) is 1. The quantitative estimate of drug-likeness (QED) is 0.558. The summed E-state index contributed by atoms with van der Waals surface area (Å²) in [5.74, 6) is 0.968. The van der Waals surface area contributed by atoms with Gasteiger partial charge in [-0.3, -0.25) is 4.79 Å². The van der Waals surface area contributed by atoms with E-state index < -0.39 is 5.69 Å². The van der Waals surface area contributed by atoms with Crippen molar-refractivity contribution in [2.75, 3.05) is 24.2 Å². The summed E-state index contributed by atoms with van der Waals surface area (Å²) in [6.07, 6.45) is 1.50. The molecule has 24 heavy (non-hydrogen) atoms. The first-order valence-electron chi connectivity index (χ1n) is 7.57. The van der Waals surface area contributed by atoms with E-state index in [1.54, 1.807) is 0 Å². The molecule has 1 aromatic heterocycles. The Morgan fingerprint density at radius 3 is 3.21 bits per heavy atom. The summed E-state index contributed by atoms with van der Waals surface area (Å²) in [7, 11) is 0. The molecule has 0 saturated heterocycles. The van der Waals surface area contributed by atoms with Gasteiger partial charge in [0, 0.05) is 19.3 Å². The number of anilines is 1. The fourth-order valence-electron chi connectivity index (χ4n) is 2.28. The summed E-state index contributed by atoms with van der Waals surface area (Å²) in [5.41, 5.74) is 2.38. The Hall–Kier alpha value is -2.48. The van der Waals surface area contributed by atoms with Gasteiger partial charge in [-0.1, -0.05) is 17.8 Å². The number of rotatable bonds is 5. The zero-order valence-electron chi connectivity index (χ0n) is 13.2. The first-order chi connectivity index (χ1) is 11.6. The summed E-state index contributed by atoms with van der Waals surface area (Å²) in [6.45, 7) is 3.73. The number of ether oxygens (including phenoxy) is 1. The second-order valence-electron chi connectivity index (χ2n) is 5.37. The SMILES string of the molecule is Cc1cnc(=O)[nH]c1SCC(=O)NCc1ccc2c(c1)NCCO2. The highest BCUT2D eigenvalue weighted by Crippen LogP contribution is 2.27. The summed E-state index contributed by atoms with van der Waals surface area (Å²) >= 11 is 1.29. The van der Waals surface area contributed by atoms with E-state index in [0.29, 0.717) is 18.2 Å². The van der Waals surface area contributed by atoms with Crippen molar-refractivity contribution in [3.8, 4) is 5.75 Å². The highest BCUT2D eigenvalue weighted by atomic mass is 32.2. The lowest BCUT2D eigenvalue weighted by molar-refractivity contribution is -0.118. The van der Waals surface area contributed by atoms with Crippen LogP contribution in [0.2, 0.25) is 0 Å². The van der Waals surface area contributed by atoms with Gasteiger partial charge in [0.2, 0.25) is 5.91 Å². The lowest BCUT2D eigenvalue weighted by atomic mass is 10.1. The van der Waals surface area contributed by atoms with Gasteiger partial charge in [-0.15, -0.1) is 0 Å². The number of aromatic amines is 1. The number of fused-ring (bicyclic) bond motifs is 1. The van der Waals surface area contributed by atoms with E-state index in [-0.39, 0.29) is 11.7 Å². The first kappa shape index (κ1) is 16.4. The molecule has 0 saturated carbocycles. The van der Waals surface area contributed by atoms with E-state index in [4.69, 9.17) is 4.74 Å². The molecule has 126 valence electrons. The molecular formula is C16H18N4O3S. The van der Waals surface area contributed by atoms with Crippen molar-refractivity contribution < 1.29 is 9.53 Å². The van der Waals surface area contributed by atoms with Gasteiger partial charge < -0.3 is 20.4 Å². The Kier molecular flexibility index (Phi) is 5.05. The number of H-pyrrole nitrogens is 1. The second-order valence-corrected chi connectivity index (χ2v) is 6.36. The van der Waals surface area contributed by atoms with E-state index in [2.05, 4.69) is 20.6 Å². The minimum Gasteiger partial charge on any atom is -0.490 e. The molecule has 0 unspecified atom stereocenters. The average Bonchev–Trinajstić information content (AvgIpc) is 2.60. The van der Waals surface area contributed by atoms with Gasteiger partial charge in [-0.25, -0.2) is 9.78 Å². The standard InChI is InChI=1S/C16H18N4O3S/c1-10-7-19-16(22)20-15(10)24-9-14(21)18-8-11-2-3-13-12(6-11)17-4-5-23-13/h2-3,6-7,17H,4-5,8-9H2,1H3,(H,18,21)(H,19,20,22). The normalized spacial score (nSPS) is 12.7. The van der Waals surface area contributed by atoms with Crippen LogP contribution in [0.15, 0.2) is 34.2 Å². The topological polar surface area (TPSA) is 96.1 Å². The molecular weight excluding hydrogens is 328 g/mol. The molecule has 1 aromatic carbocycles. The summed E-state index contributed by atoms with van der Waals surface area (Å²) < 4.78 is 5.53. The largest absolute Gasteiger partial charge is 0.490 e. The minimum atomic E-state index is -0.410. The van der Waals surface area contributed by atoms with Crippen molar-refractivity contribution in [2.45, 2.75) is 18.5 Å². The molecule has 8 heteroatoms. The Bertz CT molecular complexity index is 806. The third-order valence-corrected chi connectivity index (χ3v) is 4.63. The number of carbonyl (C=O) groups is 1. The lowest BCUT2D eigenvalue weighted by Gasteiger charge is -2.19. The van der Waals surface area contributed by atoms with Gasteiger partial charge in [-0.05, 0) is 30.2 Å². The van der Waals surface area contributed by atoms with Crippen molar-refractivity contribution in [1.29, 1.82) is 0 Å². The number of thioether (sulfide) groups is 1. The molecule has 0 aliphatic carbocycles. The van der Waals surface area contributed by atoms with Crippen molar-refractivity contribution in [3.05, 3.63) is 46.0 Å². The number of aromatic nitrogens is 2. The highest BCUT2D eigenvalue weighted by Gasteiger charge is 2.11. The van der Waals surface area contributed by atoms with Gasteiger partial charge in [0.15, 0.2) is 0 Å². The van der Waals surface area contributed by atoms with Gasteiger partial charge in [0.1, 0.15) is 12.4 Å². The van der Waals surface area contributed by atoms with E-state index >= 15 is 0 Å². The van der Waals surface area contributed by atoms with Crippen LogP contribution >= 0.6 is 11.8 Å². The number of hydrogen-bond acceptors (Lipinski definition) is 6. The molecule has 1 amide bonds. The lowest BCUT2D eigenvalue weighted by Crippen LogP contribution is -2.25. The summed E-state index contributed by atoms with van der Waals surface area (Å²) in [6, 6.07) is 5.82. The monoisotopic (exact) mass is 346 g/mol. The van der Waals surface area contributed by atoms with Crippen LogP contribution in [0.25, 0.3) is 0 Å². The maximum atomic E-state index is 12.0. The van der Waals surface area contributed by atoms with E-state index in [1.165, 1.54) is 18.0 Å². The number of benzene rings is 1. The number of aryl methyl sites for hydroxylation is 1. The average molecular weight is 346 g/mol. The van der Waals surface area contributed by atoms with Gasteiger partial charge >= 0.3 is 5.69 Å². The summed E-state index contributed by atoms with van der Waals surface area (Å²) in [5, 5.41) is 6.81. The van der Waals surface area contributed by atoms with Crippen LogP contribution < -0.4 is 21.1 Å². The van der Waals surface area contributed by atoms with Crippen molar-refractivity contribution in [1.82, 2.24) is 15.3 Å². The van der Waals surface area contributed by atoms with Crippen LogP contribution in [0.3, 0.4) is 0 Å². The Labute approximate surface area is 143 Å². The van der Waals surface area contributed by atoms with E-state index in [0.717, 1.165) is 29.1 Å². The fraction of sp³-hybridized carbons (Fsp3) is 0.312. The van der Waals surface area contributed by atoms with Gasteiger partial charge in [0.25, 0.3) is 0 Å². The van der Waals surface area contributed by atoms with Gasteiger partial charge in [-0.2, -0.15) is 0 Å². The van der Waals surface area contributed by atoms with Crippen LogP contribution in [0.5, 0.6) is 5.75 Å². The molecule has 7 nitrogen and oxygen atoms in total. The third kappa shape index (κ3) is 4.08. The maximum Gasteiger partial charge on any atom is 0.345 e. The number of nitrogens with one attached hydrogen (secondary N) is 3. The Balaban J connectivity index is 1.52. The van der Waals surface area contributed by atoms with Crippen LogP contribution in [0.1, 0.15) is 11.1 Å². The van der Waals surface area contributed by atoms with Crippen molar-refractivity contribution in [3.63, 3.8) is 0 Å². The molecule has 1 aliphatic rings. The molecule has 0 radical (unpaired) electrons. The number of hydrogen-bond donors (Lipinski definition) is 3. The molecule has 2 heterocycles. The number of amides is 1. The smallest absolute Gasteiger partial charge is 0.345 e. The minimum absolute atomic E-state index is 0.0982. The predicted molar refractivity (Wildman–Crippen MR) is 92.6 cm³/mol. The Morgan fingerprint density at radius 2 is 2.33 bits per heavy atom. The van der Waals surface area contributed by atoms with Crippen molar-refractivity contribution in [2.24, 2.45) is 0 Å². The first-order valence-corrected chi connectivity index (χ1v) is 8.55. The third-order valence-electron chi connectivity index (χ3n) is 3.51. The van der Waals surface area contributed by atoms with Crippen LogP contribution in [0, 0.1) is 6.92 Å². The van der Waals surface area contributed by atoms with E-state index in [9.17, 15) is 9.59 Å². The summed E-state index contributed by atoms with van der Waals surface area (Å²) in [4.78, 5) is 29.5. The Morgan fingerprint density at radius 1 is 1.46 bits per heavy atom. The van der Waals surface area contributed by atoms with Gasteiger partial charge in [0.05, 0.1) is 16.5 Å². The van der Waals surface area contributed by atoms with Crippen LogP contribution in [0.4, 0.5) is 5.69 Å². The zero-order valence-corrected chi connectivity index (χ0v) is 14.0. The second kappa shape index (κ2) is 7.39. The highest BCUT2D eigenvalue weighted by molar-refractivity contribution is 7.99. The molecule has 2 aromatic rings. The predicted octanol–water partition coefficient (Wildman–Crippen LogP) is 1.29. The molecule has 0 fully saturated rings.